The Hall–Kier alpha value is -2.12. The first-order chi connectivity index (χ1) is 11.9. The van der Waals surface area contributed by atoms with Gasteiger partial charge in [0, 0.05) is 26.1 Å². The van der Waals surface area contributed by atoms with E-state index in [1.54, 1.807) is 36.4 Å². The highest BCUT2D eigenvalue weighted by Gasteiger charge is 2.21. The predicted molar refractivity (Wildman–Crippen MR) is 95.8 cm³/mol. The molecule has 0 aliphatic rings. The lowest BCUT2D eigenvalue weighted by molar-refractivity contribution is 0.0921. The van der Waals surface area contributed by atoms with Crippen LogP contribution in [0.2, 0.25) is 0 Å². The third-order valence-corrected chi connectivity index (χ3v) is 6.02. The summed E-state index contributed by atoms with van der Waals surface area (Å²) in [5, 5.41) is 2.76. The molecule has 1 aromatic heterocycles. The molecule has 0 aliphatic carbocycles. The largest absolute Gasteiger partial charge is 0.456 e. The molecular weight excluding hydrogens is 340 g/mol. The second kappa shape index (κ2) is 8.31. The molecule has 1 N–H and O–H groups in total. The van der Waals surface area contributed by atoms with E-state index in [4.69, 9.17) is 4.42 Å². The van der Waals surface area contributed by atoms with Crippen molar-refractivity contribution in [3.63, 3.8) is 0 Å². The van der Waals surface area contributed by atoms with Crippen LogP contribution in [0.3, 0.4) is 0 Å². The Morgan fingerprint density at radius 3 is 2.20 bits per heavy atom. The van der Waals surface area contributed by atoms with Crippen molar-refractivity contribution in [3.05, 3.63) is 53.5 Å². The fraction of sp³-hybridized carbons (Fsp3) is 0.389. The van der Waals surface area contributed by atoms with Gasteiger partial charge in [0.05, 0.1) is 4.90 Å². The summed E-state index contributed by atoms with van der Waals surface area (Å²) in [5.74, 6) is 0.744. The van der Waals surface area contributed by atoms with Gasteiger partial charge in [0.2, 0.25) is 10.0 Å². The number of nitrogens with one attached hydrogen (secondary N) is 1. The zero-order valence-corrected chi connectivity index (χ0v) is 15.6. The molecule has 2 aromatic rings. The Labute approximate surface area is 148 Å². The van der Waals surface area contributed by atoms with Crippen molar-refractivity contribution >= 4 is 15.9 Å². The number of nitrogens with zero attached hydrogens (tertiary/aromatic N) is 1. The first-order valence-electron chi connectivity index (χ1n) is 8.38. The van der Waals surface area contributed by atoms with E-state index in [1.165, 1.54) is 4.31 Å². The molecule has 0 saturated carbocycles. The number of rotatable bonds is 8. The Balaban J connectivity index is 2.02. The average molecular weight is 364 g/mol. The smallest absolute Gasteiger partial charge is 0.287 e. The number of hydrogen-bond acceptors (Lipinski definition) is 4. The first-order valence-corrected chi connectivity index (χ1v) is 9.82. The van der Waals surface area contributed by atoms with Crippen LogP contribution in [-0.4, -0.2) is 31.7 Å². The van der Waals surface area contributed by atoms with Gasteiger partial charge in [-0.15, -0.1) is 0 Å². The highest BCUT2D eigenvalue weighted by molar-refractivity contribution is 7.89. The second-order valence-corrected chi connectivity index (χ2v) is 7.47. The van der Waals surface area contributed by atoms with Crippen LogP contribution in [0.4, 0.5) is 0 Å². The van der Waals surface area contributed by atoms with Crippen molar-refractivity contribution < 1.29 is 17.6 Å². The van der Waals surface area contributed by atoms with Gasteiger partial charge in [0.1, 0.15) is 5.76 Å². The van der Waals surface area contributed by atoms with Crippen LogP contribution in [-0.2, 0) is 23.0 Å². The monoisotopic (exact) mass is 364 g/mol. The van der Waals surface area contributed by atoms with E-state index in [0.717, 1.165) is 17.7 Å². The molecule has 136 valence electrons. The number of sulfonamides is 1. The Morgan fingerprint density at radius 2 is 1.68 bits per heavy atom. The minimum atomic E-state index is -3.46. The lowest BCUT2D eigenvalue weighted by atomic mass is 10.2. The molecule has 0 bridgehead atoms. The molecule has 0 fully saturated rings. The van der Waals surface area contributed by atoms with Crippen molar-refractivity contribution in [2.45, 2.75) is 38.6 Å². The number of benzene rings is 1. The minimum Gasteiger partial charge on any atom is -0.456 e. The normalized spacial score (nSPS) is 11.7. The summed E-state index contributed by atoms with van der Waals surface area (Å²) in [6.45, 7) is 6.73. The highest BCUT2D eigenvalue weighted by atomic mass is 32.2. The van der Waals surface area contributed by atoms with Crippen molar-refractivity contribution in [1.29, 1.82) is 0 Å². The highest BCUT2D eigenvalue weighted by Crippen LogP contribution is 2.16. The van der Waals surface area contributed by atoms with E-state index in [-0.39, 0.29) is 16.6 Å². The van der Waals surface area contributed by atoms with Crippen molar-refractivity contribution in [2.75, 3.05) is 13.1 Å². The van der Waals surface area contributed by atoms with Gasteiger partial charge in [-0.2, -0.15) is 4.31 Å². The van der Waals surface area contributed by atoms with E-state index >= 15 is 0 Å². The number of carbonyl (C=O) groups is 1. The molecule has 0 aliphatic heterocycles. The average Bonchev–Trinajstić information content (AvgIpc) is 3.10. The van der Waals surface area contributed by atoms with E-state index in [0.29, 0.717) is 19.6 Å². The SMILES string of the molecule is CCc1ccc(C(=O)NCc2ccc(S(=O)(=O)N(CC)CC)cc2)o1. The zero-order valence-electron chi connectivity index (χ0n) is 14.8. The predicted octanol–water partition coefficient (Wildman–Crippen LogP) is 2.80. The van der Waals surface area contributed by atoms with Gasteiger partial charge in [-0.25, -0.2) is 8.42 Å². The maximum Gasteiger partial charge on any atom is 0.287 e. The van der Waals surface area contributed by atoms with Crippen LogP contribution in [0.1, 0.15) is 42.6 Å². The molecule has 0 unspecified atom stereocenters. The van der Waals surface area contributed by atoms with Crippen LogP contribution in [0.15, 0.2) is 45.7 Å². The molecule has 1 heterocycles. The standard InChI is InChI=1S/C18H24N2O4S/c1-4-15-9-12-17(24-15)18(21)19-13-14-7-10-16(11-8-14)25(22,23)20(5-2)6-3/h7-12H,4-6,13H2,1-3H3,(H,19,21). The Morgan fingerprint density at radius 1 is 1.04 bits per heavy atom. The van der Waals surface area contributed by atoms with E-state index in [1.807, 2.05) is 20.8 Å². The van der Waals surface area contributed by atoms with Gasteiger partial charge < -0.3 is 9.73 Å². The summed E-state index contributed by atoms with van der Waals surface area (Å²) in [7, 11) is -3.46. The molecular formula is C18H24N2O4S. The lowest BCUT2D eigenvalue weighted by Crippen LogP contribution is -2.30. The first kappa shape index (κ1) is 19.2. The van der Waals surface area contributed by atoms with Crippen LogP contribution in [0, 0.1) is 0 Å². The van der Waals surface area contributed by atoms with E-state index in [9.17, 15) is 13.2 Å². The molecule has 2 rings (SSSR count). The summed E-state index contributed by atoms with van der Waals surface area (Å²) < 4.78 is 31.7. The third-order valence-electron chi connectivity index (χ3n) is 3.95. The molecule has 1 aromatic carbocycles. The van der Waals surface area contributed by atoms with Crippen molar-refractivity contribution in [3.8, 4) is 0 Å². The zero-order chi connectivity index (χ0) is 18.4. The van der Waals surface area contributed by atoms with Crippen LogP contribution in [0.25, 0.3) is 0 Å². The summed E-state index contributed by atoms with van der Waals surface area (Å²) in [5.41, 5.74) is 0.814. The van der Waals surface area contributed by atoms with Gasteiger partial charge in [-0.05, 0) is 29.8 Å². The maximum absolute atomic E-state index is 12.4. The molecule has 0 saturated heterocycles. The molecule has 7 heteroatoms. The number of aryl methyl sites for hydroxylation is 1. The van der Waals surface area contributed by atoms with Crippen LogP contribution in [0.5, 0.6) is 0 Å². The quantitative estimate of drug-likeness (QED) is 0.781. The number of carbonyl (C=O) groups excluding carboxylic acids is 1. The molecule has 25 heavy (non-hydrogen) atoms. The van der Waals surface area contributed by atoms with E-state index < -0.39 is 10.0 Å². The van der Waals surface area contributed by atoms with Gasteiger partial charge in [0.25, 0.3) is 5.91 Å². The summed E-state index contributed by atoms with van der Waals surface area (Å²) in [6, 6.07) is 9.97. The molecule has 0 spiro atoms. The van der Waals surface area contributed by atoms with Gasteiger partial charge in [0.15, 0.2) is 5.76 Å². The van der Waals surface area contributed by atoms with Crippen LogP contribution >= 0.6 is 0 Å². The summed E-state index contributed by atoms with van der Waals surface area (Å²) in [6.07, 6.45) is 0.732. The van der Waals surface area contributed by atoms with Gasteiger partial charge in [-0.1, -0.05) is 32.9 Å². The molecule has 0 atom stereocenters. The number of amides is 1. The summed E-state index contributed by atoms with van der Waals surface area (Å²) in [4.78, 5) is 12.3. The number of furan rings is 1. The van der Waals surface area contributed by atoms with Gasteiger partial charge >= 0.3 is 0 Å². The van der Waals surface area contributed by atoms with Crippen molar-refractivity contribution in [2.24, 2.45) is 0 Å². The lowest BCUT2D eigenvalue weighted by Gasteiger charge is -2.18. The topological polar surface area (TPSA) is 79.6 Å². The van der Waals surface area contributed by atoms with Gasteiger partial charge in [-0.3, -0.25) is 4.79 Å². The van der Waals surface area contributed by atoms with Crippen molar-refractivity contribution in [1.82, 2.24) is 9.62 Å². The fourth-order valence-electron chi connectivity index (χ4n) is 2.45. The number of hydrogen-bond donors (Lipinski definition) is 1. The fourth-order valence-corrected chi connectivity index (χ4v) is 3.91. The second-order valence-electron chi connectivity index (χ2n) is 5.54. The maximum atomic E-state index is 12.4. The third kappa shape index (κ3) is 4.49. The van der Waals surface area contributed by atoms with Crippen LogP contribution < -0.4 is 5.32 Å². The van der Waals surface area contributed by atoms with E-state index in [2.05, 4.69) is 5.32 Å². The Kier molecular flexibility index (Phi) is 6.39. The summed E-state index contributed by atoms with van der Waals surface area (Å²) >= 11 is 0. The Bertz CT molecular complexity index is 806. The molecule has 6 nitrogen and oxygen atoms in total. The minimum absolute atomic E-state index is 0.255. The molecule has 0 radical (unpaired) electrons. The molecule has 1 amide bonds.